The number of hydrogen-bond acceptors (Lipinski definition) is 4. The van der Waals surface area contributed by atoms with E-state index in [1.807, 2.05) is 24.4 Å². The molecule has 3 N–H and O–H groups in total. The topological polar surface area (TPSA) is 77.1 Å². The van der Waals surface area contributed by atoms with Crippen LogP contribution in [0.3, 0.4) is 0 Å². The molecule has 1 unspecified atom stereocenters. The largest absolute Gasteiger partial charge is 0.398 e. The third kappa shape index (κ3) is 3.45. The fourth-order valence-electron chi connectivity index (χ4n) is 1.72. The first-order chi connectivity index (χ1) is 9.06. The summed E-state index contributed by atoms with van der Waals surface area (Å²) in [6.07, 6.45) is 1.47. The number of amides is 1. The molecule has 0 fully saturated rings. The van der Waals surface area contributed by atoms with E-state index in [1.165, 1.54) is 22.9 Å². The van der Waals surface area contributed by atoms with Gasteiger partial charge < -0.3 is 15.6 Å². The number of nitrogens with zero attached hydrogens (tertiary/aromatic N) is 1. The van der Waals surface area contributed by atoms with Crippen molar-refractivity contribution in [3.63, 3.8) is 0 Å². The van der Waals surface area contributed by atoms with Crippen LogP contribution in [0.1, 0.15) is 17.8 Å². The molecule has 0 aromatic carbocycles. The minimum Gasteiger partial charge on any atom is -0.398 e. The van der Waals surface area contributed by atoms with E-state index in [1.54, 1.807) is 11.3 Å². The number of aromatic nitrogens is 1. The summed E-state index contributed by atoms with van der Waals surface area (Å²) in [5.41, 5.74) is 5.81. The van der Waals surface area contributed by atoms with Crippen LogP contribution in [0, 0.1) is 0 Å². The number of pyridine rings is 1. The average Bonchev–Trinajstić information content (AvgIpc) is 2.87. The highest BCUT2D eigenvalue weighted by Crippen LogP contribution is 2.17. The highest BCUT2D eigenvalue weighted by molar-refractivity contribution is 7.10. The second-order valence-electron chi connectivity index (χ2n) is 4.23. The SMILES string of the molecule is CC(NC(=O)Cn1cc(N)ccc1=O)c1cccs1. The minimum atomic E-state index is -0.242. The first-order valence-electron chi connectivity index (χ1n) is 5.85. The van der Waals surface area contributed by atoms with Gasteiger partial charge in [0, 0.05) is 22.8 Å². The zero-order valence-corrected chi connectivity index (χ0v) is 11.3. The summed E-state index contributed by atoms with van der Waals surface area (Å²) < 4.78 is 1.30. The monoisotopic (exact) mass is 277 g/mol. The number of carbonyl (C=O) groups is 1. The van der Waals surface area contributed by atoms with Crippen LogP contribution >= 0.6 is 11.3 Å². The van der Waals surface area contributed by atoms with Crippen LogP contribution in [0.4, 0.5) is 5.69 Å². The van der Waals surface area contributed by atoms with Gasteiger partial charge in [0.15, 0.2) is 0 Å². The molecule has 2 aromatic heterocycles. The molecular weight excluding hydrogens is 262 g/mol. The van der Waals surface area contributed by atoms with E-state index in [0.717, 1.165) is 4.88 Å². The number of thiophene rings is 1. The van der Waals surface area contributed by atoms with Crippen LogP contribution in [0.2, 0.25) is 0 Å². The Kier molecular flexibility index (Phi) is 4.01. The molecular formula is C13H15N3O2S. The van der Waals surface area contributed by atoms with E-state index in [4.69, 9.17) is 5.73 Å². The zero-order chi connectivity index (χ0) is 13.8. The molecule has 0 aliphatic heterocycles. The van der Waals surface area contributed by atoms with Gasteiger partial charge in [-0.25, -0.2) is 0 Å². The van der Waals surface area contributed by atoms with Gasteiger partial charge in [0.05, 0.1) is 6.04 Å². The molecule has 0 bridgehead atoms. The number of anilines is 1. The van der Waals surface area contributed by atoms with Gasteiger partial charge in [-0.3, -0.25) is 9.59 Å². The Balaban J connectivity index is 2.02. The van der Waals surface area contributed by atoms with E-state index in [2.05, 4.69) is 5.32 Å². The van der Waals surface area contributed by atoms with Crippen LogP contribution in [0.5, 0.6) is 0 Å². The Morgan fingerprint density at radius 2 is 2.26 bits per heavy atom. The molecule has 0 spiro atoms. The van der Waals surface area contributed by atoms with Gasteiger partial charge in [0.1, 0.15) is 6.54 Å². The molecule has 2 rings (SSSR count). The lowest BCUT2D eigenvalue weighted by Gasteiger charge is -2.13. The Hall–Kier alpha value is -2.08. The lowest BCUT2D eigenvalue weighted by atomic mass is 10.3. The van der Waals surface area contributed by atoms with Crippen molar-refractivity contribution >= 4 is 22.9 Å². The summed E-state index contributed by atoms with van der Waals surface area (Å²) in [5, 5.41) is 4.81. The third-order valence-corrected chi connectivity index (χ3v) is 3.72. The number of rotatable bonds is 4. The van der Waals surface area contributed by atoms with E-state index in [0.29, 0.717) is 5.69 Å². The van der Waals surface area contributed by atoms with E-state index in [-0.39, 0.29) is 24.1 Å². The fraction of sp³-hybridized carbons (Fsp3) is 0.231. The molecule has 19 heavy (non-hydrogen) atoms. The smallest absolute Gasteiger partial charge is 0.251 e. The molecule has 0 radical (unpaired) electrons. The predicted molar refractivity (Wildman–Crippen MR) is 76.0 cm³/mol. The third-order valence-electron chi connectivity index (χ3n) is 2.67. The van der Waals surface area contributed by atoms with Gasteiger partial charge in [-0.1, -0.05) is 6.07 Å². The summed E-state index contributed by atoms with van der Waals surface area (Å²) in [5.74, 6) is -0.214. The van der Waals surface area contributed by atoms with Crippen molar-refractivity contribution in [1.29, 1.82) is 0 Å². The summed E-state index contributed by atoms with van der Waals surface area (Å²) >= 11 is 1.58. The van der Waals surface area contributed by atoms with Crippen molar-refractivity contribution in [2.45, 2.75) is 19.5 Å². The van der Waals surface area contributed by atoms with Crippen LogP contribution in [-0.2, 0) is 11.3 Å². The number of carbonyl (C=O) groups excluding carboxylic acids is 1. The molecule has 5 nitrogen and oxygen atoms in total. The Bertz CT molecular complexity index is 619. The Labute approximate surface area is 114 Å². The Morgan fingerprint density at radius 3 is 2.95 bits per heavy atom. The molecule has 2 aromatic rings. The molecule has 0 aliphatic carbocycles. The summed E-state index contributed by atoms with van der Waals surface area (Å²) in [6.45, 7) is 1.88. The second-order valence-corrected chi connectivity index (χ2v) is 5.21. The molecule has 1 atom stereocenters. The van der Waals surface area contributed by atoms with Crippen molar-refractivity contribution in [1.82, 2.24) is 9.88 Å². The van der Waals surface area contributed by atoms with Crippen LogP contribution in [-0.4, -0.2) is 10.5 Å². The summed E-state index contributed by atoms with van der Waals surface area (Å²) in [4.78, 5) is 24.5. The first kappa shape index (κ1) is 13.4. The highest BCUT2D eigenvalue weighted by Gasteiger charge is 2.11. The van der Waals surface area contributed by atoms with Gasteiger partial charge in [0.2, 0.25) is 5.91 Å². The summed E-state index contributed by atoms with van der Waals surface area (Å²) in [7, 11) is 0. The van der Waals surface area contributed by atoms with Gasteiger partial charge in [-0.2, -0.15) is 0 Å². The van der Waals surface area contributed by atoms with Gasteiger partial charge in [0.25, 0.3) is 5.56 Å². The van der Waals surface area contributed by atoms with Gasteiger partial charge in [-0.05, 0) is 24.4 Å². The molecule has 0 saturated heterocycles. The maximum absolute atomic E-state index is 11.9. The molecule has 0 saturated carbocycles. The maximum Gasteiger partial charge on any atom is 0.251 e. The lowest BCUT2D eigenvalue weighted by Crippen LogP contribution is -2.33. The number of nitrogens with one attached hydrogen (secondary N) is 1. The zero-order valence-electron chi connectivity index (χ0n) is 10.5. The van der Waals surface area contributed by atoms with E-state index >= 15 is 0 Å². The number of nitrogen functional groups attached to an aromatic ring is 1. The Morgan fingerprint density at radius 1 is 1.47 bits per heavy atom. The second kappa shape index (κ2) is 5.71. The minimum absolute atomic E-state index is 0.0282. The van der Waals surface area contributed by atoms with Gasteiger partial charge in [-0.15, -0.1) is 11.3 Å². The van der Waals surface area contributed by atoms with Crippen molar-refractivity contribution in [2.75, 3.05) is 5.73 Å². The highest BCUT2D eigenvalue weighted by atomic mass is 32.1. The molecule has 6 heteroatoms. The normalized spacial score (nSPS) is 12.1. The molecule has 100 valence electrons. The van der Waals surface area contributed by atoms with Crippen molar-refractivity contribution in [3.05, 3.63) is 51.1 Å². The lowest BCUT2D eigenvalue weighted by molar-refractivity contribution is -0.122. The quantitative estimate of drug-likeness (QED) is 0.886. The van der Waals surface area contributed by atoms with E-state index in [9.17, 15) is 9.59 Å². The van der Waals surface area contributed by atoms with Crippen LogP contribution in [0.15, 0.2) is 40.6 Å². The maximum atomic E-state index is 11.9. The first-order valence-corrected chi connectivity index (χ1v) is 6.73. The molecule has 2 heterocycles. The van der Waals surface area contributed by atoms with Crippen molar-refractivity contribution in [2.24, 2.45) is 0 Å². The molecule has 0 aliphatic rings. The standard InChI is InChI=1S/C13H15N3O2S/c1-9(11-3-2-6-19-11)15-12(17)8-16-7-10(14)4-5-13(16)18/h2-7,9H,8,14H2,1H3,(H,15,17). The molecule has 1 amide bonds. The summed E-state index contributed by atoms with van der Waals surface area (Å²) in [6, 6.07) is 6.70. The predicted octanol–water partition coefficient (Wildman–Crippen LogP) is 1.37. The number of hydrogen-bond donors (Lipinski definition) is 2. The van der Waals surface area contributed by atoms with E-state index < -0.39 is 0 Å². The fourth-order valence-corrected chi connectivity index (χ4v) is 2.46. The van der Waals surface area contributed by atoms with Crippen LogP contribution < -0.4 is 16.6 Å². The van der Waals surface area contributed by atoms with Crippen molar-refractivity contribution < 1.29 is 4.79 Å². The van der Waals surface area contributed by atoms with Gasteiger partial charge >= 0.3 is 0 Å². The van der Waals surface area contributed by atoms with Crippen LogP contribution in [0.25, 0.3) is 0 Å². The van der Waals surface area contributed by atoms with Crippen molar-refractivity contribution in [3.8, 4) is 0 Å². The average molecular weight is 277 g/mol. The number of nitrogens with two attached hydrogens (primary N) is 1.